The first-order valence-corrected chi connectivity index (χ1v) is 10.1. The number of sulfone groups is 1. The summed E-state index contributed by atoms with van der Waals surface area (Å²) < 4.78 is 26.1. The van der Waals surface area contributed by atoms with Crippen LogP contribution in [0, 0.1) is 0 Å². The van der Waals surface area contributed by atoms with E-state index in [0.717, 1.165) is 5.56 Å². The highest BCUT2D eigenvalue weighted by Crippen LogP contribution is 2.41. The molecule has 1 aliphatic rings. The van der Waals surface area contributed by atoms with Crippen LogP contribution in [0.15, 0.2) is 47.4 Å². The van der Waals surface area contributed by atoms with Gasteiger partial charge >= 0.3 is 0 Å². The monoisotopic (exact) mass is 361 g/mol. The Morgan fingerprint density at radius 2 is 1.68 bits per heavy atom. The van der Waals surface area contributed by atoms with Crippen molar-refractivity contribution in [2.75, 3.05) is 5.75 Å². The van der Waals surface area contributed by atoms with Crippen molar-refractivity contribution >= 4 is 9.84 Å². The fraction of sp³-hybridized carbons (Fsp3) is 0.368. The van der Waals surface area contributed by atoms with Crippen LogP contribution in [-0.2, 0) is 9.84 Å². The molecule has 3 rings (SSSR count). The molecular weight excluding hydrogens is 338 g/mol. The molecule has 1 atom stereocenters. The van der Waals surface area contributed by atoms with E-state index >= 15 is 0 Å². The van der Waals surface area contributed by atoms with E-state index in [-0.39, 0.29) is 22.4 Å². The van der Waals surface area contributed by atoms with Gasteiger partial charge in [0.25, 0.3) is 0 Å². The van der Waals surface area contributed by atoms with Gasteiger partial charge in [0.1, 0.15) is 0 Å². The summed E-state index contributed by atoms with van der Waals surface area (Å²) in [5.74, 6) is -0.792. The Balaban J connectivity index is 2.30. The summed E-state index contributed by atoms with van der Waals surface area (Å²) in [6.45, 7) is 3.94. The molecule has 0 aromatic heterocycles. The first-order chi connectivity index (χ1) is 11.8. The third-order valence-electron chi connectivity index (χ3n) is 5.16. The lowest BCUT2D eigenvalue weighted by molar-refractivity contribution is 0.312. The molecule has 0 amide bonds. The second-order valence-electron chi connectivity index (χ2n) is 6.61. The molecule has 5 nitrogen and oxygen atoms in total. The zero-order valence-electron chi connectivity index (χ0n) is 14.4. The van der Waals surface area contributed by atoms with Gasteiger partial charge in [0.15, 0.2) is 21.3 Å². The Morgan fingerprint density at radius 1 is 1.08 bits per heavy atom. The number of rotatable bonds is 3. The number of nitrogens with one attached hydrogen (secondary N) is 1. The largest absolute Gasteiger partial charge is 0.504 e. The second-order valence-corrected chi connectivity index (χ2v) is 8.57. The van der Waals surface area contributed by atoms with Crippen molar-refractivity contribution in [3.8, 4) is 11.5 Å². The summed E-state index contributed by atoms with van der Waals surface area (Å²) in [7, 11) is -3.62. The lowest BCUT2D eigenvalue weighted by Crippen LogP contribution is -2.49. The van der Waals surface area contributed by atoms with E-state index in [1.807, 2.05) is 44.2 Å². The van der Waals surface area contributed by atoms with Crippen molar-refractivity contribution < 1.29 is 18.6 Å². The van der Waals surface area contributed by atoms with E-state index < -0.39 is 21.1 Å². The average molecular weight is 361 g/mol. The Kier molecular flexibility index (Phi) is 4.51. The molecule has 0 bridgehead atoms. The highest BCUT2D eigenvalue weighted by Gasteiger charge is 2.41. The van der Waals surface area contributed by atoms with Gasteiger partial charge in [-0.3, -0.25) is 5.32 Å². The van der Waals surface area contributed by atoms with Gasteiger partial charge in [-0.2, -0.15) is 0 Å². The minimum atomic E-state index is -3.62. The van der Waals surface area contributed by atoms with Crippen LogP contribution in [0.2, 0.25) is 0 Å². The van der Waals surface area contributed by atoms with Gasteiger partial charge in [-0.1, -0.05) is 44.2 Å². The van der Waals surface area contributed by atoms with Gasteiger partial charge < -0.3 is 10.2 Å². The molecule has 0 aliphatic carbocycles. The predicted molar refractivity (Wildman–Crippen MR) is 96.6 cm³/mol. The van der Waals surface area contributed by atoms with Gasteiger partial charge in [-0.25, -0.2) is 8.42 Å². The smallest absolute Gasteiger partial charge is 0.180 e. The standard InChI is InChI=1S/C19H23NO4S/c1-3-19(4-2)12-25(23,24)17-11-16(22)15(21)10-14(17)18(20-19)13-8-6-5-7-9-13/h5-11,18,20-22H,3-4,12H2,1-2H3/t18-/m1/s1. The third kappa shape index (κ3) is 3.12. The van der Waals surface area contributed by atoms with Crippen LogP contribution in [-0.4, -0.2) is 29.9 Å². The van der Waals surface area contributed by atoms with Crippen molar-refractivity contribution in [1.82, 2.24) is 5.32 Å². The van der Waals surface area contributed by atoms with E-state index in [2.05, 4.69) is 5.32 Å². The predicted octanol–water partition coefficient (Wildman–Crippen LogP) is 3.12. The van der Waals surface area contributed by atoms with Crippen LogP contribution >= 0.6 is 0 Å². The minimum Gasteiger partial charge on any atom is -0.504 e. The molecule has 3 N–H and O–H groups in total. The number of hydrogen-bond acceptors (Lipinski definition) is 5. The molecule has 0 saturated carbocycles. The maximum atomic E-state index is 13.0. The number of fused-ring (bicyclic) bond motifs is 1. The van der Waals surface area contributed by atoms with Crippen LogP contribution < -0.4 is 5.32 Å². The zero-order valence-corrected chi connectivity index (χ0v) is 15.2. The highest BCUT2D eigenvalue weighted by atomic mass is 32.2. The van der Waals surface area contributed by atoms with E-state index in [0.29, 0.717) is 18.4 Å². The lowest BCUT2D eigenvalue weighted by atomic mass is 9.90. The summed E-state index contributed by atoms with van der Waals surface area (Å²) in [6, 6.07) is 11.7. The second kappa shape index (κ2) is 6.35. The fourth-order valence-electron chi connectivity index (χ4n) is 3.50. The van der Waals surface area contributed by atoms with Gasteiger partial charge in [-0.15, -0.1) is 0 Å². The molecule has 1 heterocycles. The topological polar surface area (TPSA) is 86.6 Å². The van der Waals surface area contributed by atoms with Crippen molar-refractivity contribution in [1.29, 1.82) is 0 Å². The zero-order chi connectivity index (χ0) is 18.2. The van der Waals surface area contributed by atoms with Gasteiger partial charge in [0, 0.05) is 11.6 Å². The van der Waals surface area contributed by atoms with Gasteiger partial charge in [0.05, 0.1) is 16.7 Å². The summed E-state index contributed by atoms with van der Waals surface area (Å²) in [4.78, 5) is 0.0768. The maximum Gasteiger partial charge on any atom is 0.180 e. The van der Waals surface area contributed by atoms with Crippen LogP contribution in [0.25, 0.3) is 0 Å². The summed E-state index contributed by atoms with van der Waals surface area (Å²) in [6.07, 6.45) is 1.30. The molecule has 2 aromatic carbocycles. The van der Waals surface area contributed by atoms with Crippen molar-refractivity contribution in [2.45, 2.75) is 43.2 Å². The normalized spacial score (nSPS) is 21.3. The molecule has 6 heteroatoms. The summed E-state index contributed by atoms with van der Waals surface area (Å²) in [5, 5.41) is 23.4. The van der Waals surface area contributed by atoms with E-state index in [1.165, 1.54) is 12.1 Å². The Morgan fingerprint density at radius 3 is 2.28 bits per heavy atom. The van der Waals surface area contributed by atoms with Gasteiger partial charge in [-0.05, 0) is 30.0 Å². The van der Waals surface area contributed by atoms with E-state index in [4.69, 9.17) is 0 Å². The number of hydrogen-bond donors (Lipinski definition) is 3. The highest BCUT2D eigenvalue weighted by molar-refractivity contribution is 7.91. The first kappa shape index (κ1) is 17.8. The van der Waals surface area contributed by atoms with Crippen LogP contribution in [0.4, 0.5) is 0 Å². The molecule has 0 fully saturated rings. The molecule has 2 aromatic rings. The van der Waals surface area contributed by atoms with E-state index in [9.17, 15) is 18.6 Å². The molecule has 0 saturated heterocycles. The summed E-state index contributed by atoms with van der Waals surface area (Å²) in [5.41, 5.74) is 0.798. The number of aromatic hydroxyl groups is 2. The minimum absolute atomic E-state index is 0.0481. The molecular formula is C19H23NO4S. The first-order valence-electron chi connectivity index (χ1n) is 8.43. The van der Waals surface area contributed by atoms with Crippen molar-refractivity contribution in [3.63, 3.8) is 0 Å². The molecule has 134 valence electrons. The van der Waals surface area contributed by atoms with Gasteiger partial charge in [0.2, 0.25) is 0 Å². The Bertz CT molecular complexity index is 874. The van der Waals surface area contributed by atoms with E-state index in [1.54, 1.807) is 0 Å². The molecule has 0 radical (unpaired) electrons. The van der Waals surface area contributed by atoms with Crippen LogP contribution in [0.5, 0.6) is 11.5 Å². The molecule has 1 aliphatic heterocycles. The fourth-order valence-corrected chi connectivity index (χ4v) is 5.70. The lowest BCUT2D eigenvalue weighted by Gasteiger charge is -2.34. The molecule has 0 spiro atoms. The third-order valence-corrected chi connectivity index (χ3v) is 7.11. The van der Waals surface area contributed by atoms with Crippen molar-refractivity contribution in [2.24, 2.45) is 0 Å². The number of benzene rings is 2. The number of phenolic OH excluding ortho intramolecular Hbond substituents is 2. The maximum absolute atomic E-state index is 13.0. The number of phenols is 2. The van der Waals surface area contributed by atoms with Crippen LogP contribution in [0.3, 0.4) is 0 Å². The Hall–Kier alpha value is -2.05. The quantitative estimate of drug-likeness (QED) is 0.731. The SMILES string of the molecule is CCC1(CC)CS(=O)(=O)c2cc(O)c(O)cc2[C@@H](c2ccccc2)N1. The van der Waals surface area contributed by atoms with Crippen LogP contribution in [0.1, 0.15) is 43.9 Å². The molecule has 0 unspecified atom stereocenters. The van der Waals surface area contributed by atoms with Crippen molar-refractivity contribution in [3.05, 3.63) is 53.6 Å². The average Bonchev–Trinajstić information content (AvgIpc) is 2.70. The summed E-state index contributed by atoms with van der Waals surface area (Å²) >= 11 is 0. The molecule has 25 heavy (non-hydrogen) atoms. The Labute approximate surface area is 148 Å².